The van der Waals surface area contributed by atoms with Crippen LogP contribution in [0, 0.1) is 5.41 Å². The summed E-state index contributed by atoms with van der Waals surface area (Å²) in [5, 5.41) is 11.5. The van der Waals surface area contributed by atoms with Crippen LogP contribution < -0.4 is 15.8 Å². The zero-order valence-corrected chi connectivity index (χ0v) is 17.1. The van der Waals surface area contributed by atoms with Gasteiger partial charge < -0.3 is 15.8 Å². The number of carbonyl (C=O) groups excluding carboxylic acids is 1. The number of amides is 2. The Kier molecular flexibility index (Phi) is 4.90. The molecule has 0 radical (unpaired) electrons. The molecule has 3 aromatic rings. The van der Waals surface area contributed by atoms with Crippen molar-refractivity contribution in [2.24, 2.45) is 11.1 Å². The number of pyridine rings is 1. The molecule has 29 heavy (non-hydrogen) atoms. The number of ether oxygens (including phenoxy) is 1. The van der Waals surface area contributed by atoms with Crippen LogP contribution in [-0.4, -0.2) is 20.6 Å². The van der Waals surface area contributed by atoms with Gasteiger partial charge in [0.05, 0.1) is 12.2 Å². The maximum absolute atomic E-state index is 11.3. The summed E-state index contributed by atoms with van der Waals surface area (Å²) in [6, 6.07) is 11.3. The van der Waals surface area contributed by atoms with E-state index in [-0.39, 0.29) is 17.6 Å². The van der Waals surface area contributed by atoms with E-state index in [1.165, 1.54) is 0 Å². The van der Waals surface area contributed by atoms with Gasteiger partial charge in [0.15, 0.2) is 5.65 Å². The van der Waals surface area contributed by atoms with Crippen LogP contribution >= 0.6 is 0 Å². The topological polar surface area (TPSA) is 94.5 Å². The van der Waals surface area contributed by atoms with E-state index in [1.807, 2.05) is 40.9 Å². The van der Waals surface area contributed by atoms with Crippen LogP contribution in [-0.2, 0) is 6.42 Å². The molecule has 0 unspecified atom stereocenters. The molecular weight excluding hydrogens is 366 g/mol. The highest BCUT2D eigenvalue weighted by atomic mass is 16.5. The molecule has 7 nitrogen and oxygen atoms in total. The van der Waals surface area contributed by atoms with Gasteiger partial charge in [-0.05, 0) is 41.5 Å². The largest absolute Gasteiger partial charge is 0.484 e. The van der Waals surface area contributed by atoms with E-state index in [4.69, 9.17) is 10.5 Å². The fraction of sp³-hybridized carbons (Fsp3) is 0.409. The van der Waals surface area contributed by atoms with Crippen LogP contribution in [0.25, 0.3) is 5.65 Å². The monoisotopic (exact) mass is 393 g/mol. The first kappa shape index (κ1) is 19.2. The molecule has 3 N–H and O–H groups in total. The number of primary amides is 1. The molecule has 2 aromatic heterocycles. The first-order chi connectivity index (χ1) is 13.8. The van der Waals surface area contributed by atoms with E-state index in [2.05, 4.69) is 42.4 Å². The normalized spacial score (nSPS) is 19.0. The number of hydrogen-bond donors (Lipinski definition) is 2. The zero-order chi connectivity index (χ0) is 20.6. The summed E-state index contributed by atoms with van der Waals surface area (Å²) in [4.78, 5) is 11.3. The zero-order valence-electron chi connectivity index (χ0n) is 17.1. The van der Waals surface area contributed by atoms with Gasteiger partial charge in [-0.25, -0.2) is 4.79 Å². The summed E-state index contributed by atoms with van der Waals surface area (Å²) in [6.07, 6.45) is 4.26. The van der Waals surface area contributed by atoms with Crippen molar-refractivity contribution in [1.82, 2.24) is 19.9 Å². The molecule has 2 amide bonds. The molecule has 1 aliphatic carbocycles. The van der Waals surface area contributed by atoms with E-state index < -0.39 is 6.03 Å². The van der Waals surface area contributed by atoms with Crippen LogP contribution in [0.5, 0.6) is 5.75 Å². The first-order valence-corrected chi connectivity index (χ1v) is 9.95. The Morgan fingerprint density at radius 1 is 1.17 bits per heavy atom. The lowest BCUT2D eigenvalue weighted by Crippen LogP contribution is -2.36. The number of rotatable bonds is 4. The van der Waals surface area contributed by atoms with Gasteiger partial charge in [0.1, 0.15) is 17.7 Å². The third kappa shape index (κ3) is 4.18. The van der Waals surface area contributed by atoms with Crippen LogP contribution in [0.3, 0.4) is 0 Å². The van der Waals surface area contributed by atoms with Crippen molar-refractivity contribution in [2.45, 2.75) is 52.2 Å². The lowest BCUT2D eigenvalue weighted by molar-refractivity contribution is 0.171. The molecule has 0 bridgehead atoms. The molecule has 152 valence electrons. The predicted molar refractivity (Wildman–Crippen MR) is 111 cm³/mol. The number of nitrogens with one attached hydrogen (secondary N) is 1. The third-order valence-electron chi connectivity index (χ3n) is 5.16. The predicted octanol–water partition coefficient (Wildman–Crippen LogP) is 3.94. The van der Waals surface area contributed by atoms with Gasteiger partial charge in [-0.1, -0.05) is 45.0 Å². The van der Waals surface area contributed by atoms with Gasteiger partial charge in [-0.3, -0.25) is 4.40 Å². The van der Waals surface area contributed by atoms with Crippen molar-refractivity contribution < 1.29 is 9.53 Å². The molecule has 7 heteroatoms. The Bertz CT molecular complexity index is 1040. The van der Waals surface area contributed by atoms with Gasteiger partial charge >= 0.3 is 6.03 Å². The van der Waals surface area contributed by atoms with Crippen molar-refractivity contribution in [2.75, 3.05) is 0 Å². The average Bonchev–Trinajstić information content (AvgIpc) is 3.04. The molecule has 4 rings (SSSR count). The molecule has 0 aliphatic heterocycles. The highest BCUT2D eigenvalue weighted by molar-refractivity contribution is 5.72. The summed E-state index contributed by atoms with van der Waals surface area (Å²) >= 11 is 0. The van der Waals surface area contributed by atoms with Crippen LogP contribution in [0.4, 0.5) is 4.79 Å². The molecule has 0 saturated carbocycles. The van der Waals surface area contributed by atoms with E-state index in [0.29, 0.717) is 0 Å². The summed E-state index contributed by atoms with van der Waals surface area (Å²) in [7, 11) is 0. The van der Waals surface area contributed by atoms with Crippen molar-refractivity contribution in [3.63, 3.8) is 0 Å². The van der Waals surface area contributed by atoms with E-state index in [0.717, 1.165) is 47.6 Å². The van der Waals surface area contributed by atoms with Crippen molar-refractivity contribution in [1.29, 1.82) is 0 Å². The Morgan fingerprint density at radius 3 is 2.66 bits per heavy atom. The Labute approximate surface area is 170 Å². The fourth-order valence-corrected chi connectivity index (χ4v) is 3.94. The van der Waals surface area contributed by atoms with Gasteiger partial charge in [-0.2, -0.15) is 0 Å². The molecule has 2 atom stereocenters. The number of benzene rings is 1. The molecule has 0 saturated heterocycles. The second-order valence-electron chi connectivity index (χ2n) is 8.82. The highest BCUT2D eigenvalue weighted by Gasteiger charge is 2.29. The van der Waals surface area contributed by atoms with E-state index in [1.54, 1.807) is 0 Å². The van der Waals surface area contributed by atoms with Gasteiger partial charge in [-0.15, -0.1) is 10.2 Å². The summed E-state index contributed by atoms with van der Waals surface area (Å²) in [6.45, 7) is 6.55. The SMILES string of the molecule is CC(C)(C)Cc1nnc2ccc(O[C@@H]3CC[C@H](NC(N)=O)c4ccccc43)cn12. The maximum Gasteiger partial charge on any atom is 0.312 e. The maximum atomic E-state index is 11.3. The van der Waals surface area contributed by atoms with Crippen LogP contribution in [0.15, 0.2) is 42.6 Å². The number of fused-ring (bicyclic) bond motifs is 2. The quantitative estimate of drug-likeness (QED) is 0.702. The molecular formula is C22H27N5O2. The third-order valence-corrected chi connectivity index (χ3v) is 5.16. The van der Waals surface area contributed by atoms with Crippen LogP contribution in [0.1, 0.15) is 62.7 Å². The molecule has 2 heterocycles. The lowest BCUT2D eigenvalue weighted by Gasteiger charge is -2.32. The van der Waals surface area contributed by atoms with Crippen molar-refractivity contribution in [3.8, 4) is 5.75 Å². The average molecular weight is 393 g/mol. The number of nitrogens with zero attached hydrogens (tertiary/aromatic N) is 3. The molecule has 0 fully saturated rings. The minimum absolute atomic E-state index is 0.0812. The Morgan fingerprint density at radius 2 is 1.93 bits per heavy atom. The fourth-order valence-electron chi connectivity index (χ4n) is 3.94. The molecule has 1 aliphatic rings. The second-order valence-corrected chi connectivity index (χ2v) is 8.82. The first-order valence-electron chi connectivity index (χ1n) is 9.95. The van der Waals surface area contributed by atoms with Crippen molar-refractivity contribution >= 4 is 11.7 Å². The number of carbonyl (C=O) groups is 1. The van der Waals surface area contributed by atoms with Crippen molar-refractivity contribution in [3.05, 3.63) is 59.5 Å². The van der Waals surface area contributed by atoms with Gasteiger partial charge in [0.2, 0.25) is 0 Å². The van der Waals surface area contributed by atoms with Gasteiger partial charge in [0.25, 0.3) is 0 Å². The molecule has 1 aromatic carbocycles. The Balaban J connectivity index is 1.61. The summed E-state index contributed by atoms with van der Waals surface area (Å²) in [5.41, 5.74) is 8.41. The minimum atomic E-state index is -0.506. The minimum Gasteiger partial charge on any atom is -0.484 e. The smallest absolute Gasteiger partial charge is 0.312 e. The van der Waals surface area contributed by atoms with E-state index in [9.17, 15) is 4.79 Å². The standard InChI is InChI=1S/C22H27N5O2/c1-22(2,3)12-20-26-25-19-11-8-14(13-27(19)20)29-18-10-9-17(24-21(23)28)15-6-4-5-7-16(15)18/h4-8,11,13,17-18H,9-10,12H2,1-3H3,(H3,23,24,28)/t17-,18+/m0/s1. The highest BCUT2D eigenvalue weighted by Crippen LogP contribution is 2.38. The number of hydrogen-bond acceptors (Lipinski definition) is 4. The molecule has 0 spiro atoms. The number of urea groups is 1. The van der Waals surface area contributed by atoms with E-state index >= 15 is 0 Å². The summed E-state index contributed by atoms with van der Waals surface area (Å²) < 4.78 is 8.38. The Hall–Kier alpha value is -3.09. The van der Waals surface area contributed by atoms with Crippen LogP contribution in [0.2, 0.25) is 0 Å². The van der Waals surface area contributed by atoms with Gasteiger partial charge in [0, 0.05) is 6.42 Å². The second kappa shape index (κ2) is 7.39. The number of nitrogens with two attached hydrogens (primary N) is 1. The lowest BCUT2D eigenvalue weighted by atomic mass is 9.85. The summed E-state index contributed by atoms with van der Waals surface area (Å²) in [5.74, 6) is 1.70. The number of aromatic nitrogens is 3.